The highest BCUT2D eigenvalue weighted by Gasteiger charge is 2.32. The van der Waals surface area contributed by atoms with E-state index in [-0.39, 0.29) is 54.4 Å². The number of Topliss-reactive ketones (excluding diaryl/α,β-unsaturated/α-hetero) is 2. The number of ketones is 2. The number of primary amides is 1. The lowest BCUT2D eigenvalue weighted by Gasteiger charge is -2.34. The molecule has 6 N–H and O–H groups in total. The van der Waals surface area contributed by atoms with Crippen LogP contribution in [-0.4, -0.2) is 206 Å². The number of hydrogen-bond donors (Lipinski definition) is 5. The summed E-state index contributed by atoms with van der Waals surface area (Å²) in [7, 11) is 4.34. The molecule has 23 nitrogen and oxygen atoms in total. The standard InChI is InChI=1S/C76H101N17O6/c1-12-28-91(50(2)67(94)19-14-38-98-58-18-13-17-52(40-58)72-79-61-24-21-53(43-64(61)82-72)73-80-62-25-22-56(44-65(62)83-73)89-34-30-87(10)31-35-89)48-68(95)51(3)92(49-69(77)96)46-55-47-93(86-85-55)29-16-27-78-70(97)20-15-39-99-71-59(75(4,5)6)41-54(42-60(71)76(7,8)9)74-81-63-26-23-57(45-66(63)84-74)90-36-32-88(11)33-37-90/h13,17-18,21-26,40-45,47,50-51H,12,14-16,19-20,27-39,46,48-49H2,1-11H3,(H2,77,96)(H,78,97)(H,79,82)(H,80,83)(H,81,84). The van der Waals surface area contributed by atoms with Crippen molar-refractivity contribution in [3.05, 3.63) is 114 Å². The highest BCUT2D eigenvalue weighted by molar-refractivity contribution is 5.90. The number of rotatable bonds is 31. The van der Waals surface area contributed by atoms with Gasteiger partial charge in [-0.25, -0.2) is 15.0 Å². The number of ether oxygens (including phenoxy) is 2. The Morgan fingerprint density at radius 2 is 1.14 bits per heavy atom. The third-order valence-electron chi connectivity index (χ3n) is 19.2. The van der Waals surface area contributed by atoms with E-state index in [1.54, 1.807) is 22.7 Å². The van der Waals surface area contributed by atoms with Crippen molar-refractivity contribution in [1.29, 1.82) is 0 Å². The van der Waals surface area contributed by atoms with Gasteiger partial charge in [-0.15, -0.1) is 5.10 Å². The number of aromatic amines is 3. The SMILES string of the molecule is CCCN(CC(=O)C(C)N(CC(N)=O)Cc1cn(CCCNC(=O)CCCOc2c(C(C)(C)C)cc(-c3nc4ccc(N5CCN(C)CC5)cc4[nH]3)cc2C(C)(C)C)nn1)C(C)C(=O)CCCOc1cccc(-c2nc3ccc(-c4nc5ccc(N6CCN(C)CC6)cc5[nH]4)cc3[nH]2)c1. The number of aryl methyl sites for hydroxylation is 1. The number of nitrogens with two attached hydrogens (primary N) is 1. The van der Waals surface area contributed by atoms with Crippen LogP contribution in [-0.2, 0) is 43.1 Å². The number of piperazine rings is 2. The van der Waals surface area contributed by atoms with Crippen LogP contribution >= 0.6 is 0 Å². The summed E-state index contributed by atoms with van der Waals surface area (Å²) in [6.07, 6.45) is 4.72. The minimum atomic E-state index is -0.716. The normalized spacial score (nSPS) is 15.0. The molecule has 2 unspecified atom stereocenters. The first-order valence-electron chi connectivity index (χ1n) is 35.3. The second kappa shape index (κ2) is 31.4. The molecule has 2 fully saturated rings. The number of nitrogens with zero attached hydrogens (tertiary/aromatic N) is 12. The number of benzene rings is 5. The number of hydrogen-bond acceptors (Lipinski definition) is 17. The number of H-pyrrole nitrogens is 3. The van der Waals surface area contributed by atoms with E-state index in [0.717, 1.165) is 137 Å². The van der Waals surface area contributed by atoms with E-state index < -0.39 is 18.0 Å². The van der Waals surface area contributed by atoms with Crippen molar-refractivity contribution in [2.75, 3.05) is 116 Å². The van der Waals surface area contributed by atoms with Crippen LogP contribution in [0.15, 0.2) is 97.2 Å². The Morgan fingerprint density at radius 1 is 0.606 bits per heavy atom. The minimum Gasteiger partial charge on any atom is -0.494 e. The first-order chi connectivity index (χ1) is 47.4. The number of aromatic nitrogens is 9. The third kappa shape index (κ3) is 18.1. The van der Waals surface area contributed by atoms with Gasteiger partial charge in [0.25, 0.3) is 0 Å². The molecular weight excluding hydrogens is 1250 g/mol. The van der Waals surface area contributed by atoms with Gasteiger partial charge in [-0.2, -0.15) is 0 Å². The molecule has 4 aromatic heterocycles. The Bertz CT molecular complexity index is 4240. The van der Waals surface area contributed by atoms with Gasteiger partial charge in [0.2, 0.25) is 11.8 Å². The van der Waals surface area contributed by atoms with Gasteiger partial charge in [-0.05, 0) is 150 Å². The van der Waals surface area contributed by atoms with Crippen molar-refractivity contribution in [1.82, 2.24) is 69.8 Å². The zero-order valence-electron chi connectivity index (χ0n) is 59.8. The van der Waals surface area contributed by atoms with Gasteiger partial charge in [-0.3, -0.25) is 33.7 Å². The Balaban J connectivity index is 0.610. The maximum absolute atomic E-state index is 14.1. The number of carbonyl (C=O) groups is 4. The average Bonchev–Trinajstić information content (AvgIpc) is 1.74. The van der Waals surface area contributed by atoms with Crippen molar-refractivity contribution in [3.63, 3.8) is 0 Å². The zero-order chi connectivity index (χ0) is 70.1. The van der Waals surface area contributed by atoms with Gasteiger partial charge < -0.3 is 55.1 Å². The number of fused-ring (bicyclic) bond motifs is 3. The van der Waals surface area contributed by atoms with E-state index in [1.165, 1.54) is 11.4 Å². The number of likely N-dealkylation sites (N-methyl/N-ethyl adjacent to an activating group) is 2. The van der Waals surface area contributed by atoms with Gasteiger partial charge in [0, 0.05) is 130 Å². The van der Waals surface area contributed by atoms with Gasteiger partial charge in [0.15, 0.2) is 5.78 Å². The van der Waals surface area contributed by atoms with Crippen LogP contribution in [0, 0.1) is 0 Å². The largest absolute Gasteiger partial charge is 0.494 e. The number of imidazole rings is 3. The van der Waals surface area contributed by atoms with E-state index in [9.17, 15) is 19.2 Å². The fourth-order valence-corrected chi connectivity index (χ4v) is 13.2. The van der Waals surface area contributed by atoms with Crippen molar-refractivity contribution < 1.29 is 28.7 Å². The predicted molar refractivity (Wildman–Crippen MR) is 392 cm³/mol. The lowest BCUT2D eigenvalue weighted by Crippen LogP contribution is -2.49. The van der Waals surface area contributed by atoms with Crippen molar-refractivity contribution in [2.24, 2.45) is 5.73 Å². The molecule has 11 rings (SSSR count). The zero-order valence-corrected chi connectivity index (χ0v) is 59.8. The highest BCUT2D eigenvalue weighted by atomic mass is 16.5. The average molecular weight is 1350 g/mol. The van der Waals surface area contributed by atoms with E-state index in [2.05, 4.69) is 160 Å². The molecule has 2 aliphatic heterocycles. The van der Waals surface area contributed by atoms with Crippen molar-refractivity contribution >= 4 is 67.9 Å². The summed E-state index contributed by atoms with van der Waals surface area (Å²) in [6, 6.07) is 30.0. The Morgan fingerprint density at radius 3 is 1.72 bits per heavy atom. The molecule has 0 spiro atoms. The molecule has 0 aliphatic carbocycles. The maximum atomic E-state index is 14.1. The quantitative estimate of drug-likeness (QED) is 0.0253. The lowest BCUT2D eigenvalue weighted by atomic mass is 9.78. The molecule has 526 valence electrons. The van der Waals surface area contributed by atoms with Crippen molar-refractivity contribution in [2.45, 2.75) is 137 Å². The molecule has 0 saturated carbocycles. The first-order valence-corrected chi connectivity index (χ1v) is 35.3. The summed E-state index contributed by atoms with van der Waals surface area (Å²) >= 11 is 0. The summed E-state index contributed by atoms with van der Waals surface area (Å²) in [6.45, 7) is 29.1. The molecule has 2 amide bonds. The predicted octanol–water partition coefficient (Wildman–Crippen LogP) is 10.1. The van der Waals surface area contributed by atoms with Crippen LogP contribution in [0.3, 0.4) is 0 Å². The van der Waals surface area contributed by atoms with Gasteiger partial charge >= 0.3 is 0 Å². The minimum absolute atomic E-state index is 0.00880. The molecular formula is C76H101N17O6. The van der Waals surface area contributed by atoms with E-state index in [1.807, 2.05) is 55.1 Å². The second-order valence-electron chi connectivity index (χ2n) is 29.1. The molecule has 5 aromatic carbocycles. The molecule has 99 heavy (non-hydrogen) atoms. The van der Waals surface area contributed by atoms with Gasteiger partial charge in [0.1, 0.15) is 34.8 Å². The number of amides is 2. The number of carbonyl (C=O) groups excluding carboxylic acids is 4. The third-order valence-corrected chi connectivity index (χ3v) is 19.2. The topological polar surface area (TPSA) is 261 Å². The van der Waals surface area contributed by atoms with Gasteiger partial charge in [-0.1, -0.05) is 65.8 Å². The Hall–Kier alpha value is -9.03. The summed E-state index contributed by atoms with van der Waals surface area (Å²) < 4.78 is 14.6. The van der Waals surface area contributed by atoms with Crippen LogP contribution in [0.5, 0.6) is 11.5 Å². The number of anilines is 2. The van der Waals surface area contributed by atoms with Crippen LogP contribution < -0.4 is 30.3 Å². The van der Waals surface area contributed by atoms with Crippen LogP contribution in [0.2, 0.25) is 0 Å². The maximum Gasteiger partial charge on any atom is 0.231 e. The van der Waals surface area contributed by atoms with Crippen LogP contribution in [0.1, 0.15) is 118 Å². The van der Waals surface area contributed by atoms with Crippen molar-refractivity contribution in [3.8, 4) is 45.7 Å². The summed E-state index contributed by atoms with van der Waals surface area (Å²) in [5.74, 6) is 3.07. The molecule has 6 heterocycles. The summed E-state index contributed by atoms with van der Waals surface area (Å²) in [5, 5.41) is 11.7. The Kier molecular flexibility index (Phi) is 22.6. The fourth-order valence-electron chi connectivity index (χ4n) is 13.2. The second-order valence-corrected chi connectivity index (χ2v) is 29.1. The highest BCUT2D eigenvalue weighted by Crippen LogP contribution is 2.43. The monoisotopic (exact) mass is 1350 g/mol. The first kappa shape index (κ1) is 71.3. The Labute approximate surface area is 581 Å². The molecule has 0 radical (unpaired) electrons. The lowest BCUT2D eigenvalue weighted by molar-refractivity contribution is -0.129. The molecule has 9 aromatic rings. The van der Waals surface area contributed by atoms with E-state index in [0.29, 0.717) is 75.8 Å². The molecule has 2 saturated heterocycles. The van der Waals surface area contributed by atoms with Crippen LogP contribution in [0.25, 0.3) is 67.3 Å². The summed E-state index contributed by atoms with van der Waals surface area (Å²) in [5.41, 5.74) is 18.8. The smallest absolute Gasteiger partial charge is 0.231 e. The number of nitrogens with one attached hydrogen (secondary N) is 4. The van der Waals surface area contributed by atoms with Crippen LogP contribution in [0.4, 0.5) is 11.4 Å². The molecule has 2 atom stereocenters. The fraction of sp³-hybridized carbons (Fsp3) is 0.487. The molecule has 2 aliphatic rings. The van der Waals surface area contributed by atoms with Gasteiger partial charge in [0.05, 0.1) is 77.2 Å². The van der Waals surface area contributed by atoms with E-state index in [4.69, 9.17) is 30.2 Å². The van der Waals surface area contributed by atoms with E-state index >= 15 is 0 Å². The molecule has 23 heteroatoms. The molecule has 0 bridgehead atoms. The summed E-state index contributed by atoms with van der Waals surface area (Å²) in [4.78, 5) is 92.1.